The SMILES string of the molecule is CC1(O)COCCN(c2nc(OC[C@@]34CCCN3C[C@H](F)C4)nc(N3CC4(C3)SCc3sc(N)c(C#N)c34)n2)C1. The molecule has 0 saturated carbocycles. The second-order valence-corrected chi connectivity index (χ2v) is 14.4. The first-order chi connectivity index (χ1) is 19.2. The first kappa shape index (κ1) is 26.5. The van der Waals surface area contributed by atoms with Crippen LogP contribution in [0.1, 0.15) is 42.2 Å². The van der Waals surface area contributed by atoms with Crippen LogP contribution in [0.4, 0.5) is 21.3 Å². The first-order valence-corrected chi connectivity index (χ1v) is 15.5. The standard InChI is InChI=1S/C26H33FN8O3S2/c1-24(36)11-33(5-6-37-14-24)21-30-22(32-23(31-21)38-15-25-3-2-4-35(25)9-16(27)7-25)34-12-26(13-34)19-17(8-28)20(29)40-18(19)10-39-26/h16,36H,2-7,9-15,29H2,1H3/t16-,24?,25+/m1/s1. The molecule has 40 heavy (non-hydrogen) atoms. The number of ether oxygens (including phenoxy) is 2. The van der Waals surface area contributed by atoms with Crippen LogP contribution < -0.4 is 20.3 Å². The molecule has 3 N–H and O–H groups in total. The largest absolute Gasteiger partial charge is 0.461 e. The normalized spacial score (nSPS) is 31.1. The molecular formula is C26H33FN8O3S2. The number of aliphatic hydroxyl groups is 1. The third kappa shape index (κ3) is 4.37. The van der Waals surface area contributed by atoms with Gasteiger partial charge in [0.05, 0.1) is 35.6 Å². The van der Waals surface area contributed by atoms with Crippen LogP contribution in [0.3, 0.4) is 0 Å². The number of thioether (sulfide) groups is 1. The van der Waals surface area contributed by atoms with Crippen molar-refractivity contribution in [1.82, 2.24) is 19.9 Å². The first-order valence-electron chi connectivity index (χ1n) is 13.7. The van der Waals surface area contributed by atoms with Crippen LogP contribution in [-0.2, 0) is 15.2 Å². The molecule has 7 heterocycles. The minimum absolute atomic E-state index is 0.201. The lowest BCUT2D eigenvalue weighted by molar-refractivity contribution is -0.0123. The zero-order chi connectivity index (χ0) is 27.7. The number of nitrogen functional groups attached to an aromatic ring is 1. The smallest absolute Gasteiger partial charge is 0.323 e. The van der Waals surface area contributed by atoms with Crippen molar-refractivity contribution in [2.75, 3.05) is 74.6 Å². The van der Waals surface area contributed by atoms with Gasteiger partial charge in [0.2, 0.25) is 11.9 Å². The van der Waals surface area contributed by atoms with E-state index in [0.717, 1.165) is 30.7 Å². The highest BCUT2D eigenvalue weighted by Crippen LogP contribution is 2.57. The Labute approximate surface area is 240 Å². The maximum atomic E-state index is 14.3. The summed E-state index contributed by atoms with van der Waals surface area (Å²) in [7, 11) is 0. The summed E-state index contributed by atoms with van der Waals surface area (Å²) in [5.41, 5.74) is 6.43. The van der Waals surface area contributed by atoms with Gasteiger partial charge in [-0.3, -0.25) is 4.90 Å². The molecule has 11 nitrogen and oxygen atoms in total. The number of nitriles is 1. The summed E-state index contributed by atoms with van der Waals surface area (Å²) in [6.45, 7) is 6.16. The van der Waals surface area contributed by atoms with Crippen LogP contribution in [-0.4, -0.2) is 101 Å². The van der Waals surface area contributed by atoms with Crippen molar-refractivity contribution in [3.63, 3.8) is 0 Å². The minimum atomic E-state index is -1.06. The number of alkyl halides is 1. The summed E-state index contributed by atoms with van der Waals surface area (Å²) in [4.78, 5) is 21.6. The van der Waals surface area contributed by atoms with E-state index in [2.05, 4.69) is 20.9 Å². The highest BCUT2D eigenvalue weighted by atomic mass is 32.2. The summed E-state index contributed by atoms with van der Waals surface area (Å²) in [6.07, 6.45) is 1.54. The van der Waals surface area contributed by atoms with E-state index in [1.807, 2.05) is 16.7 Å². The fourth-order valence-electron chi connectivity index (χ4n) is 6.93. The van der Waals surface area contributed by atoms with Gasteiger partial charge in [0.1, 0.15) is 29.4 Å². The molecule has 0 aromatic carbocycles. The Morgan fingerprint density at radius 1 is 1.23 bits per heavy atom. The molecule has 4 saturated heterocycles. The molecule has 0 aliphatic carbocycles. The van der Waals surface area contributed by atoms with Gasteiger partial charge in [-0.1, -0.05) is 0 Å². The molecule has 0 bridgehead atoms. The fraction of sp³-hybridized carbons (Fsp3) is 0.692. The number of halogens is 1. The number of fused-ring (bicyclic) bond motifs is 3. The zero-order valence-electron chi connectivity index (χ0n) is 22.4. The van der Waals surface area contributed by atoms with Crippen LogP contribution in [0.15, 0.2) is 0 Å². The highest BCUT2D eigenvalue weighted by Gasteiger charge is 2.53. The maximum Gasteiger partial charge on any atom is 0.323 e. The molecular weight excluding hydrogens is 555 g/mol. The van der Waals surface area contributed by atoms with E-state index in [4.69, 9.17) is 25.2 Å². The minimum Gasteiger partial charge on any atom is -0.461 e. The van der Waals surface area contributed by atoms with Gasteiger partial charge in [0, 0.05) is 48.8 Å². The van der Waals surface area contributed by atoms with Crippen molar-refractivity contribution in [2.45, 2.75) is 54.0 Å². The number of nitrogens with zero attached hydrogens (tertiary/aromatic N) is 7. The molecule has 3 atom stereocenters. The van der Waals surface area contributed by atoms with Gasteiger partial charge in [-0.15, -0.1) is 23.1 Å². The maximum absolute atomic E-state index is 14.3. The molecule has 4 fully saturated rings. The molecule has 7 rings (SSSR count). The van der Waals surface area contributed by atoms with Crippen molar-refractivity contribution in [2.24, 2.45) is 0 Å². The van der Waals surface area contributed by atoms with E-state index in [1.54, 1.807) is 6.92 Å². The lowest BCUT2D eigenvalue weighted by Gasteiger charge is -2.47. The van der Waals surface area contributed by atoms with Crippen molar-refractivity contribution in [3.8, 4) is 12.1 Å². The molecule has 0 radical (unpaired) electrons. The summed E-state index contributed by atoms with van der Waals surface area (Å²) < 4.78 is 26.0. The van der Waals surface area contributed by atoms with E-state index in [0.29, 0.717) is 74.8 Å². The molecule has 2 aromatic rings. The summed E-state index contributed by atoms with van der Waals surface area (Å²) >= 11 is 3.35. The van der Waals surface area contributed by atoms with E-state index in [-0.39, 0.29) is 22.9 Å². The van der Waals surface area contributed by atoms with Crippen molar-refractivity contribution in [3.05, 3.63) is 16.0 Å². The second-order valence-electron chi connectivity index (χ2n) is 11.9. The molecule has 2 aromatic heterocycles. The van der Waals surface area contributed by atoms with Crippen molar-refractivity contribution in [1.29, 1.82) is 5.26 Å². The predicted molar refractivity (Wildman–Crippen MR) is 151 cm³/mol. The Hall–Kier alpha value is -2.44. The number of β-amino-alcohol motifs (C(OH)–C–C–N with tert-alkyl or cyclic N) is 1. The average Bonchev–Trinajstić information content (AvgIpc) is 3.58. The molecule has 1 spiro atoms. The van der Waals surface area contributed by atoms with Gasteiger partial charge in [-0.2, -0.15) is 20.2 Å². The number of thiophene rings is 1. The topological polar surface area (TPSA) is 137 Å². The number of anilines is 3. The Bertz CT molecular complexity index is 1360. The van der Waals surface area contributed by atoms with Gasteiger partial charge in [-0.05, 0) is 26.3 Å². The van der Waals surface area contributed by atoms with Crippen LogP contribution >= 0.6 is 23.1 Å². The van der Waals surface area contributed by atoms with Crippen LogP contribution in [0.25, 0.3) is 0 Å². The predicted octanol–water partition coefficient (Wildman–Crippen LogP) is 1.89. The fourth-order valence-corrected chi connectivity index (χ4v) is 9.74. The van der Waals surface area contributed by atoms with E-state index < -0.39 is 11.8 Å². The lowest BCUT2D eigenvalue weighted by Crippen LogP contribution is -2.57. The number of hydrogen-bond acceptors (Lipinski definition) is 13. The summed E-state index contributed by atoms with van der Waals surface area (Å²) in [5.74, 6) is 1.74. The molecule has 0 amide bonds. The van der Waals surface area contributed by atoms with Crippen LogP contribution in [0.2, 0.25) is 0 Å². The monoisotopic (exact) mass is 588 g/mol. The Morgan fingerprint density at radius 3 is 2.83 bits per heavy atom. The second kappa shape index (κ2) is 9.55. The number of nitrogens with two attached hydrogens (primary N) is 1. The third-order valence-electron chi connectivity index (χ3n) is 8.79. The molecule has 1 unspecified atom stereocenters. The Balaban J connectivity index is 1.17. The van der Waals surface area contributed by atoms with Gasteiger partial charge >= 0.3 is 6.01 Å². The van der Waals surface area contributed by atoms with E-state index >= 15 is 0 Å². The quantitative estimate of drug-likeness (QED) is 0.528. The molecule has 214 valence electrons. The van der Waals surface area contributed by atoms with Crippen molar-refractivity contribution >= 4 is 40.0 Å². The van der Waals surface area contributed by atoms with Crippen LogP contribution in [0.5, 0.6) is 6.01 Å². The van der Waals surface area contributed by atoms with Crippen molar-refractivity contribution < 1.29 is 19.0 Å². The number of aromatic nitrogens is 3. The van der Waals surface area contributed by atoms with Gasteiger partial charge in [-0.25, -0.2) is 4.39 Å². The van der Waals surface area contributed by atoms with Gasteiger partial charge in [0.25, 0.3) is 0 Å². The number of hydrogen-bond donors (Lipinski definition) is 2. The molecule has 5 aliphatic rings. The number of rotatable bonds is 5. The van der Waals surface area contributed by atoms with Gasteiger partial charge < -0.3 is 30.1 Å². The third-order valence-corrected chi connectivity index (χ3v) is 11.4. The molecule has 14 heteroatoms. The van der Waals surface area contributed by atoms with Gasteiger partial charge in [0.15, 0.2) is 0 Å². The lowest BCUT2D eigenvalue weighted by atomic mass is 9.88. The van der Waals surface area contributed by atoms with Crippen LogP contribution in [0, 0.1) is 11.3 Å². The summed E-state index contributed by atoms with van der Waals surface area (Å²) in [5, 5.41) is 21.1. The summed E-state index contributed by atoms with van der Waals surface area (Å²) in [6, 6.07) is 2.51. The Morgan fingerprint density at radius 2 is 2.02 bits per heavy atom. The average molecular weight is 589 g/mol. The molecule has 5 aliphatic heterocycles. The highest BCUT2D eigenvalue weighted by molar-refractivity contribution is 8.00. The van der Waals surface area contributed by atoms with E-state index in [9.17, 15) is 14.8 Å². The van der Waals surface area contributed by atoms with E-state index in [1.165, 1.54) is 16.2 Å². The Kier molecular flexibility index (Phi) is 6.32. The zero-order valence-corrected chi connectivity index (χ0v) is 24.1.